The Kier molecular flexibility index (Phi) is 5.11. The van der Waals surface area contributed by atoms with Gasteiger partial charge in [-0.2, -0.15) is 0 Å². The van der Waals surface area contributed by atoms with Crippen LogP contribution in [0.3, 0.4) is 0 Å². The first-order chi connectivity index (χ1) is 10.7. The number of nitrogens with two attached hydrogens (primary N) is 1. The van der Waals surface area contributed by atoms with Crippen LogP contribution < -0.4 is 11.1 Å². The monoisotopic (exact) mass is 301 g/mol. The maximum absolute atomic E-state index is 12.4. The molecule has 4 heteroatoms. The number of rotatable bonds is 4. The van der Waals surface area contributed by atoms with Gasteiger partial charge in [0, 0.05) is 25.2 Å². The normalized spacial score (nSPS) is 29.4. The maximum atomic E-state index is 12.4. The molecule has 0 bridgehead atoms. The van der Waals surface area contributed by atoms with Gasteiger partial charge in [0.1, 0.15) is 0 Å². The molecule has 0 aromatic heterocycles. The first-order valence-corrected chi connectivity index (χ1v) is 8.54. The number of hydrogen-bond acceptors (Lipinski definition) is 3. The first kappa shape index (κ1) is 15.5. The predicted molar refractivity (Wildman–Crippen MR) is 88.2 cm³/mol. The van der Waals surface area contributed by atoms with Crippen molar-refractivity contribution in [2.75, 3.05) is 13.1 Å². The van der Waals surface area contributed by atoms with Crippen molar-refractivity contribution in [1.82, 2.24) is 10.2 Å². The van der Waals surface area contributed by atoms with E-state index >= 15 is 0 Å². The molecule has 3 N–H and O–H groups in total. The Morgan fingerprint density at radius 1 is 1.18 bits per heavy atom. The van der Waals surface area contributed by atoms with Crippen molar-refractivity contribution < 1.29 is 4.79 Å². The lowest BCUT2D eigenvalue weighted by Crippen LogP contribution is -2.50. The zero-order chi connectivity index (χ0) is 15.4. The van der Waals surface area contributed by atoms with E-state index in [4.69, 9.17) is 5.73 Å². The van der Waals surface area contributed by atoms with E-state index in [0.29, 0.717) is 0 Å². The number of nitrogens with zero attached hydrogens (tertiary/aromatic N) is 1. The van der Waals surface area contributed by atoms with Crippen molar-refractivity contribution in [3.05, 3.63) is 35.9 Å². The molecule has 4 nitrogen and oxygen atoms in total. The Morgan fingerprint density at radius 3 is 2.73 bits per heavy atom. The molecule has 1 amide bonds. The second-order valence-electron chi connectivity index (χ2n) is 6.77. The van der Waals surface area contributed by atoms with Gasteiger partial charge in [0.05, 0.1) is 5.92 Å². The van der Waals surface area contributed by atoms with Gasteiger partial charge in [-0.1, -0.05) is 36.8 Å². The van der Waals surface area contributed by atoms with Gasteiger partial charge in [-0.15, -0.1) is 0 Å². The van der Waals surface area contributed by atoms with Crippen molar-refractivity contribution in [3.8, 4) is 0 Å². The molecule has 1 aliphatic heterocycles. The minimum atomic E-state index is 0.0319. The third kappa shape index (κ3) is 3.87. The van der Waals surface area contributed by atoms with Crippen LogP contribution >= 0.6 is 0 Å². The molecule has 1 saturated heterocycles. The van der Waals surface area contributed by atoms with Crippen LogP contribution in [0.25, 0.3) is 0 Å². The molecule has 0 spiro atoms. The third-order valence-corrected chi connectivity index (χ3v) is 5.01. The molecule has 22 heavy (non-hydrogen) atoms. The predicted octanol–water partition coefficient (Wildman–Crippen LogP) is 1.89. The lowest BCUT2D eigenvalue weighted by molar-refractivity contribution is -0.126. The highest BCUT2D eigenvalue weighted by atomic mass is 16.2. The first-order valence-electron chi connectivity index (χ1n) is 8.54. The molecule has 3 atom stereocenters. The maximum Gasteiger partial charge on any atom is 0.224 e. The Hall–Kier alpha value is -1.39. The van der Waals surface area contributed by atoms with Crippen LogP contribution in [0.15, 0.2) is 30.3 Å². The van der Waals surface area contributed by atoms with Crippen molar-refractivity contribution in [2.45, 2.75) is 50.7 Å². The highest BCUT2D eigenvalue weighted by molar-refractivity contribution is 5.80. The van der Waals surface area contributed by atoms with Gasteiger partial charge in [0.15, 0.2) is 0 Å². The third-order valence-electron chi connectivity index (χ3n) is 5.01. The number of piperidine rings is 1. The van der Waals surface area contributed by atoms with Gasteiger partial charge in [-0.3, -0.25) is 9.69 Å². The summed E-state index contributed by atoms with van der Waals surface area (Å²) in [6, 6.07) is 10.9. The number of carbonyl (C=O) groups is 1. The summed E-state index contributed by atoms with van der Waals surface area (Å²) in [6.07, 6.45) is 5.26. The summed E-state index contributed by atoms with van der Waals surface area (Å²) < 4.78 is 0. The summed E-state index contributed by atoms with van der Waals surface area (Å²) >= 11 is 0. The van der Waals surface area contributed by atoms with E-state index in [9.17, 15) is 4.79 Å². The lowest BCUT2D eigenvalue weighted by Gasteiger charge is -2.34. The summed E-state index contributed by atoms with van der Waals surface area (Å²) in [5.74, 6) is 0.209. The topological polar surface area (TPSA) is 58.4 Å². The minimum Gasteiger partial charge on any atom is -0.352 e. The van der Waals surface area contributed by atoms with E-state index in [2.05, 4.69) is 34.5 Å². The Morgan fingerprint density at radius 2 is 2.00 bits per heavy atom. The van der Waals surface area contributed by atoms with Crippen LogP contribution in [0.5, 0.6) is 0 Å². The molecule has 120 valence electrons. The number of hydrogen-bond donors (Lipinski definition) is 2. The summed E-state index contributed by atoms with van der Waals surface area (Å²) in [5, 5.41) is 3.25. The molecule has 2 fully saturated rings. The molecule has 1 saturated carbocycles. The summed E-state index contributed by atoms with van der Waals surface area (Å²) in [6.45, 7) is 3.03. The van der Waals surface area contributed by atoms with Gasteiger partial charge in [-0.25, -0.2) is 0 Å². The van der Waals surface area contributed by atoms with Crippen LogP contribution in [-0.2, 0) is 11.3 Å². The van der Waals surface area contributed by atoms with Crippen molar-refractivity contribution in [3.63, 3.8) is 0 Å². The zero-order valence-electron chi connectivity index (χ0n) is 13.2. The van der Waals surface area contributed by atoms with Crippen molar-refractivity contribution in [2.24, 2.45) is 11.7 Å². The average Bonchev–Trinajstić information content (AvgIpc) is 2.95. The van der Waals surface area contributed by atoms with Crippen molar-refractivity contribution >= 4 is 5.91 Å². The fourth-order valence-electron chi connectivity index (χ4n) is 3.78. The van der Waals surface area contributed by atoms with Gasteiger partial charge in [0.25, 0.3) is 0 Å². The van der Waals surface area contributed by atoms with E-state index in [1.54, 1.807) is 0 Å². The van der Waals surface area contributed by atoms with E-state index in [-0.39, 0.29) is 23.9 Å². The van der Waals surface area contributed by atoms with E-state index in [0.717, 1.165) is 51.7 Å². The standard InChI is InChI=1S/C18H27N3O/c19-17-10-4-9-16(17)18(22)20-15-8-5-11-21(13-15)12-14-6-2-1-3-7-14/h1-3,6-7,15-17H,4-5,8-13,19H2,(H,20,22). The van der Waals surface area contributed by atoms with Crippen LogP contribution in [-0.4, -0.2) is 36.0 Å². The second-order valence-corrected chi connectivity index (χ2v) is 6.77. The molecule has 0 radical (unpaired) electrons. The van der Waals surface area contributed by atoms with Crippen molar-refractivity contribution in [1.29, 1.82) is 0 Å². The molecule has 3 unspecified atom stereocenters. The van der Waals surface area contributed by atoms with E-state index in [1.807, 2.05) is 6.07 Å². The number of benzene rings is 1. The molecule has 1 aromatic carbocycles. The Labute approximate surface area is 133 Å². The van der Waals surface area contributed by atoms with Crippen LogP contribution in [0.1, 0.15) is 37.7 Å². The number of amides is 1. The smallest absolute Gasteiger partial charge is 0.224 e. The molecule has 1 aromatic rings. The minimum absolute atomic E-state index is 0.0319. The van der Waals surface area contributed by atoms with Gasteiger partial charge < -0.3 is 11.1 Å². The fourth-order valence-corrected chi connectivity index (χ4v) is 3.78. The SMILES string of the molecule is NC1CCCC1C(=O)NC1CCCN(Cc2ccccc2)C1. The molecule has 2 aliphatic rings. The average molecular weight is 301 g/mol. The fraction of sp³-hybridized carbons (Fsp3) is 0.611. The van der Waals surface area contributed by atoms with E-state index in [1.165, 1.54) is 5.56 Å². The van der Waals surface area contributed by atoms with Gasteiger partial charge in [0.2, 0.25) is 5.91 Å². The summed E-state index contributed by atoms with van der Waals surface area (Å²) in [7, 11) is 0. The number of nitrogens with one attached hydrogen (secondary N) is 1. The van der Waals surface area contributed by atoms with Crippen LogP contribution in [0.4, 0.5) is 0 Å². The summed E-state index contributed by atoms with van der Waals surface area (Å²) in [4.78, 5) is 14.8. The lowest BCUT2D eigenvalue weighted by atomic mass is 10.0. The quantitative estimate of drug-likeness (QED) is 0.893. The highest BCUT2D eigenvalue weighted by Gasteiger charge is 2.32. The van der Waals surface area contributed by atoms with Gasteiger partial charge >= 0.3 is 0 Å². The zero-order valence-corrected chi connectivity index (χ0v) is 13.2. The van der Waals surface area contributed by atoms with Crippen LogP contribution in [0.2, 0.25) is 0 Å². The van der Waals surface area contributed by atoms with Gasteiger partial charge in [-0.05, 0) is 37.8 Å². The van der Waals surface area contributed by atoms with Crippen LogP contribution in [0, 0.1) is 5.92 Å². The number of likely N-dealkylation sites (tertiary alicyclic amines) is 1. The summed E-state index contributed by atoms with van der Waals surface area (Å²) in [5.41, 5.74) is 7.38. The largest absolute Gasteiger partial charge is 0.352 e. The van der Waals surface area contributed by atoms with E-state index < -0.39 is 0 Å². The molecular formula is C18H27N3O. The Bertz CT molecular complexity index is 490. The number of carbonyl (C=O) groups excluding carboxylic acids is 1. The Balaban J connectivity index is 1.51. The highest BCUT2D eigenvalue weighted by Crippen LogP contribution is 2.24. The molecule has 1 aliphatic carbocycles. The second kappa shape index (κ2) is 7.25. The molecular weight excluding hydrogens is 274 g/mol. The molecule has 3 rings (SSSR count). The molecule has 1 heterocycles.